The Kier molecular flexibility index (Phi) is 11.6. The van der Waals surface area contributed by atoms with E-state index in [2.05, 4.69) is 222 Å². The van der Waals surface area contributed by atoms with E-state index >= 15 is 0 Å². The van der Waals surface area contributed by atoms with Crippen molar-refractivity contribution < 1.29 is 0 Å². The fraction of sp³-hybridized carbons (Fsp3) is 0.231. The zero-order chi connectivity index (χ0) is 39.6. The molecule has 0 aromatic heterocycles. The van der Waals surface area contributed by atoms with Crippen molar-refractivity contribution >= 4 is 77.3 Å². The lowest BCUT2D eigenvalue weighted by molar-refractivity contribution is 1.25. The fourth-order valence-corrected chi connectivity index (χ4v) is 18.8. The van der Waals surface area contributed by atoms with Crippen molar-refractivity contribution in [2.45, 2.75) is 76.6 Å². The highest BCUT2D eigenvalue weighted by Crippen LogP contribution is 2.22. The average molecular weight is 797 g/mol. The van der Waals surface area contributed by atoms with Gasteiger partial charge in [-0.2, -0.15) is 0 Å². The summed E-state index contributed by atoms with van der Waals surface area (Å²) < 4.78 is 0. The molecule has 0 saturated carbocycles. The van der Waals surface area contributed by atoms with Crippen molar-refractivity contribution in [2.24, 2.45) is 0 Å². The maximum absolute atomic E-state index is 2.52. The molecule has 0 atom stereocenters. The smallest absolute Gasteiger partial charge is 0.0652 e. The minimum absolute atomic E-state index is 1.15. The minimum atomic E-state index is -1.69. The Balaban J connectivity index is 1.18. The third kappa shape index (κ3) is 9.78. The van der Waals surface area contributed by atoms with E-state index in [0.29, 0.717) is 0 Å². The van der Waals surface area contributed by atoms with Gasteiger partial charge in [-0.25, -0.2) is 0 Å². The molecule has 4 heteroatoms. The number of hydrogen-bond donors (Lipinski definition) is 0. The molecule has 0 fully saturated rings. The van der Waals surface area contributed by atoms with Crippen molar-refractivity contribution in [3.63, 3.8) is 0 Å². The summed E-state index contributed by atoms with van der Waals surface area (Å²) >= 11 is 0. The maximum Gasteiger partial charge on any atom is 0.0849 e. The lowest BCUT2D eigenvalue weighted by Gasteiger charge is -2.26. The molecule has 0 unspecified atom stereocenters. The van der Waals surface area contributed by atoms with Gasteiger partial charge in [-0.1, -0.05) is 265 Å². The topological polar surface area (TPSA) is 0 Å². The van der Waals surface area contributed by atoms with E-state index in [1.807, 2.05) is 0 Å². The first-order valence-corrected chi connectivity index (χ1v) is 33.4. The van der Waals surface area contributed by atoms with E-state index in [1.165, 1.54) is 65.3 Å². The SMILES string of the molecule is C[Si]1(C)Cc2cccc(c2)C[Si](C)(C)c2ccc(cc2)C=Cc2ccc(cc2)[Si](C)(C)Cc2cccc(c2)C[Si](C)(C)c2ccc(cc2)C=Cc2ccc1cc2. The molecule has 7 aliphatic rings. The van der Waals surface area contributed by atoms with Gasteiger partial charge in [0.1, 0.15) is 0 Å². The van der Waals surface area contributed by atoms with Crippen LogP contribution in [-0.4, -0.2) is 32.3 Å². The Morgan fingerprint density at radius 2 is 0.464 bits per heavy atom. The van der Waals surface area contributed by atoms with E-state index in [9.17, 15) is 0 Å². The Morgan fingerprint density at radius 1 is 0.268 bits per heavy atom. The van der Waals surface area contributed by atoms with Crippen molar-refractivity contribution in [2.75, 3.05) is 0 Å². The summed E-state index contributed by atoms with van der Waals surface area (Å²) in [5.74, 6) is 0. The van der Waals surface area contributed by atoms with Gasteiger partial charge in [0.15, 0.2) is 0 Å². The highest BCUT2D eigenvalue weighted by Gasteiger charge is 2.28. The van der Waals surface area contributed by atoms with Gasteiger partial charge in [-0.15, -0.1) is 0 Å². The number of benzene rings is 6. The molecule has 0 N–H and O–H groups in total. The molecule has 56 heavy (non-hydrogen) atoms. The van der Waals surface area contributed by atoms with Gasteiger partial charge in [0.05, 0.1) is 32.3 Å². The maximum atomic E-state index is 2.52. The van der Waals surface area contributed by atoms with Crippen LogP contribution in [0, 0.1) is 0 Å². The van der Waals surface area contributed by atoms with E-state index in [4.69, 9.17) is 0 Å². The molecule has 0 nitrogen and oxygen atoms in total. The van der Waals surface area contributed by atoms with Crippen LogP contribution in [-0.2, 0) is 24.2 Å². The van der Waals surface area contributed by atoms with Crippen LogP contribution in [0.1, 0.15) is 44.5 Å². The molecule has 0 aliphatic carbocycles. The number of hydrogen-bond acceptors (Lipinski definition) is 0. The summed E-state index contributed by atoms with van der Waals surface area (Å²) in [5, 5.41) is 6.08. The molecule has 6 aromatic carbocycles. The molecule has 7 heterocycles. The van der Waals surface area contributed by atoms with Crippen LogP contribution in [0.25, 0.3) is 24.3 Å². The highest BCUT2D eigenvalue weighted by molar-refractivity contribution is 6.90. The van der Waals surface area contributed by atoms with Crippen LogP contribution in [0.5, 0.6) is 0 Å². The molecule has 0 saturated heterocycles. The molecular weight excluding hydrogens is 737 g/mol. The van der Waals surface area contributed by atoms with Crippen molar-refractivity contribution in [1.29, 1.82) is 0 Å². The monoisotopic (exact) mass is 796 g/mol. The van der Waals surface area contributed by atoms with Gasteiger partial charge in [0.25, 0.3) is 0 Å². The molecule has 0 spiro atoms. The molecule has 284 valence electrons. The Morgan fingerprint density at radius 3 is 0.661 bits per heavy atom. The number of rotatable bonds is 0. The summed E-state index contributed by atoms with van der Waals surface area (Å²) in [6.45, 7) is 20.2. The highest BCUT2D eigenvalue weighted by atomic mass is 28.3. The van der Waals surface area contributed by atoms with Crippen LogP contribution in [0.2, 0.25) is 52.4 Å². The standard InChI is InChI=1S/C52H60Si4/c1-53(2)37-45-11-9-12-46(35-45)38-54(3,4)50-29-23-43(24-30-50)17-18-44-25-33-52(34-26-44)56(7,8)40-48-14-10-13-47(36-48)39-55(5,6)51-31-21-42(22-32-51)16-15-41-19-27-49(53)28-20-41/h9-36H,37-40H2,1-8H3. The third-order valence-electron chi connectivity index (χ3n) is 12.3. The van der Waals surface area contributed by atoms with E-state index < -0.39 is 32.3 Å². The molecular formula is C52H60Si4. The van der Waals surface area contributed by atoms with E-state index in [1.54, 1.807) is 0 Å². The summed E-state index contributed by atoms with van der Waals surface area (Å²) in [4.78, 5) is 0. The Labute approximate surface area is 342 Å². The molecule has 7 aliphatic heterocycles. The second-order valence-corrected chi connectivity index (χ2v) is 37.8. The van der Waals surface area contributed by atoms with Gasteiger partial charge in [0.2, 0.25) is 0 Å². The van der Waals surface area contributed by atoms with Crippen molar-refractivity contribution in [3.05, 3.63) is 190 Å². The van der Waals surface area contributed by atoms with E-state index in [0.717, 1.165) is 24.2 Å². The van der Waals surface area contributed by atoms with Gasteiger partial charge in [-0.3, -0.25) is 0 Å². The summed E-state index contributed by atoms with van der Waals surface area (Å²) in [5.41, 5.74) is 11.0. The summed E-state index contributed by atoms with van der Waals surface area (Å²) in [6, 6.07) is 61.2. The predicted molar refractivity (Wildman–Crippen MR) is 260 cm³/mol. The molecule has 6 aromatic rings. The first kappa shape index (κ1) is 39.9. The summed E-state index contributed by atoms with van der Waals surface area (Å²) in [6.07, 6.45) is 9.08. The van der Waals surface area contributed by atoms with E-state index in [-0.39, 0.29) is 0 Å². The van der Waals surface area contributed by atoms with Gasteiger partial charge < -0.3 is 0 Å². The van der Waals surface area contributed by atoms with Gasteiger partial charge in [0, 0.05) is 0 Å². The van der Waals surface area contributed by atoms with Crippen LogP contribution >= 0.6 is 0 Å². The Hall–Kier alpha value is -4.33. The normalized spacial score (nSPS) is 17.4. The van der Waals surface area contributed by atoms with Crippen molar-refractivity contribution in [3.8, 4) is 0 Å². The zero-order valence-electron chi connectivity index (χ0n) is 35.0. The van der Waals surface area contributed by atoms with Gasteiger partial charge >= 0.3 is 0 Å². The second-order valence-electron chi connectivity index (χ2n) is 19.0. The third-order valence-corrected chi connectivity index (χ3v) is 25.0. The minimum Gasteiger partial charge on any atom is -0.0652 e. The lowest BCUT2D eigenvalue weighted by Crippen LogP contribution is -2.44. The average Bonchev–Trinajstić information content (AvgIpc) is 3.16. The lowest BCUT2D eigenvalue weighted by atomic mass is 10.1. The first-order chi connectivity index (χ1) is 26.6. The molecule has 12 bridgehead atoms. The van der Waals surface area contributed by atoms with Crippen molar-refractivity contribution in [1.82, 2.24) is 0 Å². The summed E-state index contributed by atoms with van der Waals surface area (Å²) in [7, 11) is -6.76. The van der Waals surface area contributed by atoms with Crippen LogP contribution < -0.4 is 20.7 Å². The Bertz CT molecular complexity index is 2000. The quantitative estimate of drug-likeness (QED) is 0.134. The molecule has 0 radical (unpaired) electrons. The van der Waals surface area contributed by atoms with Gasteiger partial charge in [-0.05, 0) is 46.4 Å². The fourth-order valence-electron chi connectivity index (χ4n) is 8.72. The second kappa shape index (κ2) is 16.3. The predicted octanol–water partition coefficient (Wildman–Crippen LogP) is 11.1. The first-order valence-electron chi connectivity index (χ1n) is 20.6. The largest absolute Gasteiger partial charge is 0.0849 e. The molecule has 0 amide bonds. The van der Waals surface area contributed by atoms with Crippen LogP contribution in [0.4, 0.5) is 0 Å². The molecule has 13 rings (SSSR count). The van der Waals surface area contributed by atoms with Crippen LogP contribution in [0.3, 0.4) is 0 Å². The zero-order valence-corrected chi connectivity index (χ0v) is 39.0. The van der Waals surface area contributed by atoms with Crippen LogP contribution in [0.15, 0.2) is 146 Å².